The van der Waals surface area contributed by atoms with Gasteiger partial charge < -0.3 is 19.5 Å². The molecule has 1 N–H and O–H groups in total. The zero-order valence-electron chi connectivity index (χ0n) is 15.5. The van der Waals surface area contributed by atoms with Crippen LogP contribution in [0.2, 0.25) is 0 Å². The van der Waals surface area contributed by atoms with Crippen LogP contribution >= 0.6 is 0 Å². The lowest BCUT2D eigenvalue weighted by atomic mass is 9.92. The molecule has 27 heavy (non-hydrogen) atoms. The summed E-state index contributed by atoms with van der Waals surface area (Å²) in [6, 6.07) is 3.46. The Hall–Kier alpha value is -3.02. The van der Waals surface area contributed by atoms with E-state index in [9.17, 15) is 9.90 Å². The first-order valence-corrected chi connectivity index (χ1v) is 9.03. The van der Waals surface area contributed by atoms with Crippen LogP contribution in [0.5, 0.6) is 11.5 Å². The van der Waals surface area contributed by atoms with Gasteiger partial charge in [0, 0.05) is 17.7 Å². The number of methoxy groups -OCH3 is 2. The number of hydrogen-bond acceptors (Lipinski definition) is 5. The number of ether oxygens (including phenoxy) is 2. The fourth-order valence-corrected chi connectivity index (χ4v) is 3.86. The molecule has 6 heteroatoms. The lowest BCUT2D eigenvalue weighted by Crippen LogP contribution is -2.35. The van der Waals surface area contributed by atoms with E-state index in [4.69, 9.17) is 9.47 Å². The Kier molecular flexibility index (Phi) is 4.48. The number of benzene rings is 1. The number of phenols is 1. The first-order chi connectivity index (χ1) is 13.1. The largest absolute Gasteiger partial charge is 0.504 e. The maximum atomic E-state index is 12.7. The zero-order chi connectivity index (χ0) is 19.0. The topological polar surface area (TPSA) is 71.4 Å². The maximum Gasteiger partial charge on any atom is 0.248 e. The van der Waals surface area contributed by atoms with Crippen LogP contribution in [0.15, 0.2) is 46.7 Å². The molecule has 1 aromatic rings. The van der Waals surface area contributed by atoms with E-state index in [0.29, 0.717) is 18.7 Å². The van der Waals surface area contributed by atoms with Gasteiger partial charge in [-0.2, -0.15) is 0 Å². The molecule has 0 unspecified atom stereocenters. The first-order valence-electron chi connectivity index (χ1n) is 9.03. The number of fused-ring (bicyclic) bond motifs is 3. The van der Waals surface area contributed by atoms with E-state index >= 15 is 0 Å². The van der Waals surface area contributed by atoms with Crippen LogP contribution in [-0.4, -0.2) is 48.9 Å². The van der Waals surface area contributed by atoms with Crippen molar-refractivity contribution < 1.29 is 19.4 Å². The van der Waals surface area contributed by atoms with Gasteiger partial charge in [0.2, 0.25) is 5.91 Å². The van der Waals surface area contributed by atoms with Crippen molar-refractivity contribution in [3.05, 3.63) is 52.8 Å². The van der Waals surface area contributed by atoms with Gasteiger partial charge in [0.15, 0.2) is 11.5 Å². The Morgan fingerprint density at radius 1 is 1.15 bits per heavy atom. The van der Waals surface area contributed by atoms with Crippen molar-refractivity contribution in [1.29, 1.82) is 0 Å². The molecule has 0 saturated carbocycles. The Morgan fingerprint density at radius 3 is 2.78 bits per heavy atom. The van der Waals surface area contributed by atoms with E-state index in [2.05, 4.69) is 11.1 Å². The van der Waals surface area contributed by atoms with Crippen LogP contribution in [0, 0.1) is 0 Å². The van der Waals surface area contributed by atoms with Gasteiger partial charge in [-0.15, -0.1) is 0 Å². The molecule has 2 heterocycles. The SMILES string of the molecule is COC1=CCCC(C2=NCC(=O)N3CCc4c(ccc(O)c4OC)C3=C2)=C1. The second kappa shape index (κ2) is 6.95. The smallest absolute Gasteiger partial charge is 0.248 e. The Balaban J connectivity index is 1.83. The molecule has 0 spiro atoms. The Morgan fingerprint density at radius 2 is 2.00 bits per heavy atom. The van der Waals surface area contributed by atoms with Crippen molar-refractivity contribution in [2.75, 3.05) is 27.3 Å². The molecule has 0 atom stereocenters. The molecule has 0 fully saturated rings. The van der Waals surface area contributed by atoms with Crippen LogP contribution < -0.4 is 4.74 Å². The van der Waals surface area contributed by atoms with Crippen LogP contribution in [0.4, 0.5) is 0 Å². The molecule has 4 rings (SSSR count). The Bertz CT molecular complexity index is 924. The van der Waals surface area contributed by atoms with E-state index in [1.165, 1.54) is 0 Å². The molecule has 0 aromatic heterocycles. The third kappa shape index (κ3) is 3.01. The van der Waals surface area contributed by atoms with E-state index in [1.54, 1.807) is 25.2 Å². The summed E-state index contributed by atoms with van der Waals surface area (Å²) < 4.78 is 10.8. The number of hydrogen-bond donors (Lipinski definition) is 1. The van der Waals surface area contributed by atoms with Crippen molar-refractivity contribution in [3.8, 4) is 11.5 Å². The van der Waals surface area contributed by atoms with E-state index < -0.39 is 0 Å². The first kappa shape index (κ1) is 17.4. The lowest BCUT2D eigenvalue weighted by molar-refractivity contribution is -0.126. The molecule has 1 aliphatic carbocycles. The van der Waals surface area contributed by atoms with E-state index in [1.807, 2.05) is 18.2 Å². The average molecular weight is 366 g/mol. The maximum absolute atomic E-state index is 12.7. The lowest BCUT2D eigenvalue weighted by Gasteiger charge is -2.31. The summed E-state index contributed by atoms with van der Waals surface area (Å²) in [4.78, 5) is 19.0. The van der Waals surface area contributed by atoms with E-state index in [0.717, 1.165) is 46.7 Å². The van der Waals surface area contributed by atoms with Crippen molar-refractivity contribution in [2.24, 2.45) is 4.99 Å². The monoisotopic (exact) mass is 366 g/mol. The van der Waals surface area contributed by atoms with Gasteiger partial charge in [-0.1, -0.05) is 0 Å². The summed E-state index contributed by atoms with van der Waals surface area (Å²) in [5.74, 6) is 1.39. The van der Waals surface area contributed by atoms with E-state index in [-0.39, 0.29) is 18.2 Å². The molecule has 0 saturated heterocycles. The summed E-state index contributed by atoms with van der Waals surface area (Å²) in [7, 11) is 3.20. The quantitative estimate of drug-likeness (QED) is 0.893. The molecule has 0 radical (unpaired) electrons. The van der Waals surface area contributed by atoms with Gasteiger partial charge >= 0.3 is 0 Å². The van der Waals surface area contributed by atoms with Gasteiger partial charge in [-0.3, -0.25) is 9.79 Å². The number of phenolic OH excluding ortho intramolecular Hbond substituents is 1. The number of rotatable bonds is 3. The minimum absolute atomic E-state index is 0.0205. The molecule has 1 amide bonds. The number of carbonyl (C=O) groups is 1. The van der Waals surface area contributed by atoms with Crippen LogP contribution in [0.3, 0.4) is 0 Å². The molecule has 6 nitrogen and oxygen atoms in total. The van der Waals surface area contributed by atoms with Crippen molar-refractivity contribution in [1.82, 2.24) is 4.90 Å². The second-order valence-electron chi connectivity index (χ2n) is 6.69. The molecule has 3 aliphatic rings. The number of nitrogens with zero attached hydrogens (tertiary/aromatic N) is 2. The van der Waals surface area contributed by atoms with Crippen molar-refractivity contribution in [3.63, 3.8) is 0 Å². The fraction of sp³-hybridized carbons (Fsp3) is 0.333. The highest BCUT2D eigenvalue weighted by molar-refractivity contribution is 6.15. The number of carbonyl (C=O) groups excluding carboxylic acids is 1. The summed E-state index contributed by atoms with van der Waals surface area (Å²) >= 11 is 0. The minimum atomic E-state index is -0.0205. The fourth-order valence-electron chi connectivity index (χ4n) is 3.86. The molecule has 0 bridgehead atoms. The number of allylic oxidation sites excluding steroid dienone is 4. The van der Waals surface area contributed by atoms with Crippen LogP contribution in [0.1, 0.15) is 24.0 Å². The number of aliphatic imine (C=N–C) groups is 1. The molecular weight excluding hydrogens is 344 g/mol. The summed E-state index contributed by atoms with van der Waals surface area (Å²) in [6.07, 6.45) is 8.38. The summed E-state index contributed by atoms with van der Waals surface area (Å²) in [5, 5.41) is 10.1. The molecule has 140 valence electrons. The standard InChI is InChI=1S/C21H22N2O4/c1-26-14-5-3-4-13(10-14)17-11-18-15-6-7-19(24)21(27-2)16(15)8-9-23(18)20(25)12-22-17/h5-7,10-11,24H,3-4,8-9,12H2,1-2H3. The van der Waals surface area contributed by atoms with Crippen molar-refractivity contribution >= 4 is 17.3 Å². The number of amides is 1. The third-order valence-corrected chi connectivity index (χ3v) is 5.20. The normalized spacial score (nSPS) is 19.0. The van der Waals surface area contributed by atoms with Gasteiger partial charge in [0.1, 0.15) is 12.3 Å². The Labute approximate surface area is 158 Å². The van der Waals surface area contributed by atoms with Gasteiger partial charge in [-0.25, -0.2) is 0 Å². The zero-order valence-corrected chi connectivity index (χ0v) is 15.5. The highest BCUT2D eigenvalue weighted by atomic mass is 16.5. The summed E-state index contributed by atoms with van der Waals surface area (Å²) in [5.41, 5.74) is 4.50. The van der Waals surface area contributed by atoms with Crippen LogP contribution in [-0.2, 0) is 16.0 Å². The van der Waals surface area contributed by atoms with Gasteiger partial charge in [0.05, 0.1) is 25.6 Å². The third-order valence-electron chi connectivity index (χ3n) is 5.20. The highest BCUT2D eigenvalue weighted by Gasteiger charge is 2.31. The average Bonchev–Trinajstić information content (AvgIpc) is 2.87. The molecule has 1 aromatic carbocycles. The van der Waals surface area contributed by atoms with Crippen molar-refractivity contribution in [2.45, 2.75) is 19.3 Å². The van der Waals surface area contributed by atoms with Gasteiger partial charge in [0.25, 0.3) is 0 Å². The predicted octanol–water partition coefficient (Wildman–Crippen LogP) is 2.83. The number of aromatic hydroxyl groups is 1. The molecular formula is C21H22N2O4. The van der Waals surface area contributed by atoms with Gasteiger partial charge in [-0.05, 0) is 55.2 Å². The summed E-state index contributed by atoms with van der Waals surface area (Å²) in [6.45, 7) is 0.672. The predicted molar refractivity (Wildman–Crippen MR) is 103 cm³/mol. The minimum Gasteiger partial charge on any atom is -0.504 e. The second-order valence-corrected chi connectivity index (χ2v) is 6.69. The highest BCUT2D eigenvalue weighted by Crippen LogP contribution is 2.40. The molecule has 2 aliphatic heterocycles. The van der Waals surface area contributed by atoms with Crippen LogP contribution in [0.25, 0.3) is 5.70 Å².